The van der Waals surface area contributed by atoms with Gasteiger partial charge in [-0.2, -0.15) is 0 Å². The minimum atomic E-state index is -0.557. The van der Waals surface area contributed by atoms with E-state index in [9.17, 15) is 9.59 Å². The molecule has 2 N–H and O–H groups in total. The van der Waals surface area contributed by atoms with Crippen LogP contribution in [0.4, 0.5) is 10.5 Å². The molecule has 1 saturated heterocycles. The number of anilines is 1. The van der Waals surface area contributed by atoms with Crippen LogP contribution in [0.1, 0.15) is 24.1 Å². The van der Waals surface area contributed by atoms with Gasteiger partial charge in [0.05, 0.1) is 31.0 Å². The van der Waals surface area contributed by atoms with Crippen molar-refractivity contribution in [3.8, 4) is 5.75 Å². The maximum absolute atomic E-state index is 13.0. The average Bonchev–Trinajstić information content (AvgIpc) is 2.84. The van der Waals surface area contributed by atoms with Crippen molar-refractivity contribution in [1.29, 1.82) is 0 Å². The van der Waals surface area contributed by atoms with Crippen molar-refractivity contribution in [3.05, 3.63) is 70.9 Å². The van der Waals surface area contributed by atoms with Crippen LogP contribution in [0, 0.1) is 6.92 Å². The van der Waals surface area contributed by atoms with Gasteiger partial charge in [-0.15, -0.1) is 0 Å². The van der Waals surface area contributed by atoms with Gasteiger partial charge in [-0.1, -0.05) is 42.0 Å². The highest BCUT2D eigenvalue weighted by Crippen LogP contribution is 2.30. The zero-order valence-electron chi connectivity index (χ0n) is 20.0. The van der Waals surface area contributed by atoms with E-state index in [2.05, 4.69) is 26.5 Å². The summed E-state index contributed by atoms with van der Waals surface area (Å²) in [6.07, 6.45) is 0. The molecule has 0 aromatic heterocycles. The van der Waals surface area contributed by atoms with Crippen LogP contribution in [-0.4, -0.2) is 63.3 Å². The van der Waals surface area contributed by atoms with Gasteiger partial charge in [0.2, 0.25) is 0 Å². The lowest BCUT2D eigenvalue weighted by molar-refractivity contribution is -0.139. The standard InChI is InChI=1S/C26H32N4O4/c1-4-34-25(31)23-20(27-26(32)28-24(23)19-11-9-18(2)10-12-19)17-29-13-15-30(16-14-29)21-7-5-6-8-22(21)33-3/h5-12,24H,4,13-17H2,1-3H3,(H2,27,28,32)/t24-/m1/s1. The SMILES string of the molecule is CCOC(=O)C1=C(CN2CCN(c3ccccc3OC)CC2)NC(=O)N[C@@H]1c1ccc(C)cc1. The molecule has 0 unspecified atom stereocenters. The number of piperazine rings is 1. The Labute approximate surface area is 200 Å². The predicted molar refractivity (Wildman–Crippen MR) is 131 cm³/mol. The van der Waals surface area contributed by atoms with Crippen LogP contribution in [0.5, 0.6) is 5.75 Å². The highest BCUT2D eigenvalue weighted by atomic mass is 16.5. The van der Waals surface area contributed by atoms with E-state index < -0.39 is 12.0 Å². The van der Waals surface area contributed by atoms with Gasteiger partial charge in [-0.25, -0.2) is 9.59 Å². The summed E-state index contributed by atoms with van der Waals surface area (Å²) >= 11 is 0. The smallest absolute Gasteiger partial charge is 0.338 e. The van der Waals surface area contributed by atoms with Gasteiger partial charge < -0.3 is 25.0 Å². The first kappa shape index (κ1) is 23.6. The van der Waals surface area contributed by atoms with E-state index in [-0.39, 0.29) is 12.6 Å². The molecule has 2 heterocycles. The Morgan fingerprint density at radius 1 is 1.06 bits per heavy atom. The van der Waals surface area contributed by atoms with Gasteiger partial charge in [0.1, 0.15) is 5.75 Å². The van der Waals surface area contributed by atoms with Gasteiger partial charge in [-0.3, -0.25) is 4.90 Å². The molecule has 2 amide bonds. The minimum Gasteiger partial charge on any atom is -0.495 e. The Kier molecular flexibility index (Phi) is 7.37. The summed E-state index contributed by atoms with van der Waals surface area (Å²) in [5, 5.41) is 5.78. The van der Waals surface area contributed by atoms with E-state index in [4.69, 9.17) is 9.47 Å². The summed E-state index contributed by atoms with van der Waals surface area (Å²) in [7, 11) is 1.68. The Morgan fingerprint density at radius 3 is 2.44 bits per heavy atom. The number of para-hydroxylation sites is 2. The molecule has 4 rings (SSSR count). The van der Waals surface area contributed by atoms with E-state index >= 15 is 0 Å². The number of benzene rings is 2. The number of hydrogen-bond acceptors (Lipinski definition) is 6. The van der Waals surface area contributed by atoms with Crippen LogP contribution in [0.25, 0.3) is 0 Å². The number of methoxy groups -OCH3 is 1. The fourth-order valence-corrected chi connectivity index (χ4v) is 4.46. The number of urea groups is 1. The van der Waals surface area contributed by atoms with Crippen molar-refractivity contribution < 1.29 is 19.1 Å². The number of aryl methyl sites for hydroxylation is 1. The van der Waals surface area contributed by atoms with Gasteiger partial charge in [-0.05, 0) is 31.5 Å². The number of rotatable bonds is 7. The molecule has 0 radical (unpaired) electrons. The second-order valence-corrected chi connectivity index (χ2v) is 8.49. The summed E-state index contributed by atoms with van der Waals surface area (Å²) in [5.41, 5.74) is 4.09. The number of carbonyl (C=O) groups is 2. The second-order valence-electron chi connectivity index (χ2n) is 8.49. The van der Waals surface area contributed by atoms with E-state index in [1.54, 1.807) is 14.0 Å². The topological polar surface area (TPSA) is 83.1 Å². The molecular formula is C26H32N4O4. The second kappa shape index (κ2) is 10.6. The molecule has 0 saturated carbocycles. The molecule has 2 aromatic rings. The first-order valence-corrected chi connectivity index (χ1v) is 11.6. The first-order chi connectivity index (χ1) is 16.5. The quantitative estimate of drug-likeness (QED) is 0.613. The molecule has 2 aliphatic heterocycles. The Bertz CT molecular complexity index is 1060. The maximum Gasteiger partial charge on any atom is 0.338 e. The third kappa shape index (κ3) is 5.17. The van der Waals surface area contributed by atoms with Gasteiger partial charge in [0, 0.05) is 38.4 Å². The van der Waals surface area contributed by atoms with Crippen LogP contribution >= 0.6 is 0 Å². The number of amides is 2. The molecule has 34 heavy (non-hydrogen) atoms. The lowest BCUT2D eigenvalue weighted by Crippen LogP contribution is -2.51. The number of carbonyl (C=O) groups excluding carboxylic acids is 2. The first-order valence-electron chi connectivity index (χ1n) is 11.6. The van der Waals surface area contributed by atoms with E-state index in [0.717, 1.165) is 48.7 Å². The number of ether oxygens (including phenoxy) is 2. The molecule has 2 aliphatic rings. The molecule has 2 aromatic carbocycles. The molecule has 0 bridgehead atoms. The van der Waals surface area contributed by atoms with Crippen LogP contribution in [0.3, 0.4) is 0 Å². The van der Waals surface area contributed by atoms with Crippen molar-refractivity contribution in [2.24, 2.45) is 0 Å². The minimum absolute atomic E-state index is 0.266. The Balaban J connectivity index is 1.55. The predicted octanol–water partition coefficient (Wildman–Crippen LogP) is 3.00. The van der Waals surface area contributed by atoms with Gasteiger partial charge in [0.25, 0.3) is 0 Å². The lowest BCUT2D eigenvalue weighted by Gasteiger charge is -2.38. The summed E-state index contributed by atoms with van der Waals surface area (Å²) in [5.74, 6) is 0.443. The zero-order valence-corrected chi connectivity index (χ0v) is 20.0. The van der Waals surface area contributed by atoms with Crippen LogP contribution in [-0.2, 0) is 9.53 Å². The average molecular weight is 465 g/mol. The fraction of sp³-hybridized carbons (Fsp3) is 0.385. The normalized spacial score (nSPS) is 18.9. The highest BCUT2D eigenvalue weighted by molar-refractivity contribution is 5.95. The van der Waals surface area contributed by atoms with E-state index in [0.29, 0.717) is 17.8 Å². The summed E-state index contributed by atoms with van der Waals surface area (Å²) < 4.78 is 10.9. The molecule has 0 spiro atoms. The molecule has 180 valence electrons. The van der Waals surface area contributed by atoms with Gasteiger partial charge in [0.15, 0.2) is 0 Å². The zero-order chi connectivity index (χ0) is 24.1. The molecule has 0 aliphatic carbocycles. The largest absolute Gasteiger partial charge is 0.495 e. The van der Waals surface area contributed by atoms with Crippen molar-refractivity contribution in [2.75, 3.05) is 51.3 Å². The number of nitrogens with zero attached hydrogens (tertiary/aromatic N) is 2. The molecule has 1 atom stereocenters. The summed E-state index contributed by atoms with van der Waals surface area (Å²) in [6.45, 7) is 7.72. The molecule has 1 fully saturated rings. The Morgan fingerprint density at radius 2 is 1.76 bits per heavy atom. The van der Waals surface area contributed by atoms with Crippen LogP contribution in [0.15, 0.2) is 59.8 Å². The molecule has 8 nitrogen and oxygen atoms in total. The summed E-state index contributed by atoms with van der Waals surface area (Å²) in [6, 6.07) is 15.0. The number of hydrogen-bond donors (Lipinski definition) is 2. The maximum atomic E-state index is 13.0. The van der Waals surface area contributed by atoms with Crippen molar-refractivity contribution in [1.82, 2.24) is 15.5 Å². The lowest BCUT2D eigenvalue weighted by atomic mass is 9.94. The molecule has 8 heteroatoms. The summed E-state index contributed by atoms with van der Waals surface area (Å²) in [4.78, 5) is 30.1. The van der Waals surface area contributed by atoms with Crippen molar-refractivity contribution in [2.45, 2.75) is 19.9 Å². The van der Waals surface area contributed by atoms with E-state index in [1.165, 1.54) is 0 Å². The van der Waals surface area contributed by atoms with E-state index in [1.807, 2.05) is 49.4 Å². The highest BCUT2D eigenvalue weighted by Gasteiger charge is 2.34. The Hall–Kier alpha value is -3.52. The monoisotopic (exact) mass is 464 g/mol. The van der Waals surface area contributed by atoms with Gasteiger partial charge >= 0.3 is 12.0 Å². The fourth-order valence-electron chi connectivity index (χ4n) is 4.46. The van der Waals surface area contributed by atoms with Crippen molar-refractivity contribution in [3.63, 3.8) is 0 Å². The van der Waals surface area contributed by atoms with Crippen LogP contribution < -0.4 is 20.3 Å². The third-order valence-corrected chi connectivity index (χ3v) is 6.24. The number of esters is 1. The molecular weight excluding hydrogens is 432 g/mol. The van der Waals surface area contributed by atoms with Crippen molar-refractivity contribution >= 4 is 17.7 Å². The third-order valence-electron chi connectivity index (χ3n) is 6.24. The van der Waals surface area contributed by atoms with Crippen LogP contribution in [0.2, 0.25) is 0 Å². The number of nitrogens with one attached hydrogen (secondary N) is 2.